The van der Waals surface area contributed by atoms with E-state index in [0.29, 0.717) is 24.5 Å². The molecule has 0 atom stereocenters. The summed E-state index contributed by atoms with van der Waals surface area (Å²) in [5.74, 6) is 0.464. The van der Waals surface area contributed by atoms with Crippen molar-refractivity contribution < 1.29 is 9.53 Å². The molecule has 0 aliphatic carbocycles. The van der Waals surface area contributed by atoms with Gasteiger partial charge in [0.2, 0.25) is 0 Å². The summed E-state index contributed by atoms with van der Waals surface area (Å²) in [6.45, 7) is 8.26. The van der Waals surface area contributed by atoms with Gasteiger partial charge in [-0.1, -0.05) is 31.7 Å². The number of carbonyl (C=O) groups is 1. The lowest BCUT2D eigenvalue weighted by molar-refractivity contribution is 0.0950. The van der Waals surface area contributed by atoms with E-state index in [1.165, 1.54) is 0 Å². The normalized spacial score (nSPS) is 9.83. The molecule has 0 spiro atoms. The van der Waals surface area contributed by atoms with Gasteiger partial charge in [0.25, 0.3) is 5.91 Å². The van der Waals surface area contributed by atoms with Gasteiger partial charge < -0.3 is 15.4 Å². The highest BCUT2D eigenvalue weighted by molar-refractivity contribution is 5.96. The van der Waals surface area contributed by atoms with E-state index in [1.54, 1.807) is 18.2 Å². The minimum Gasteiger partial charge on any atom is -0.489 e. The van der Waals surface area contributed by atoms with Crippen molar-refractivity contribution in [3.8, 4) is 5.75 Å². The lowest BCUT2D eigenvalue weighted by Gasteiger charge is -2.10. The minimum absolute atomic E-state index is 0.118. The molecule has 1 rings (SSSR count). The molecule has 0 radical (unpaired) electrons. The third-order valence-electron chi connectivity index (χ3n) is 2.33. The van der Waals surface area contributed by atoms with Crippen LogP contribution in [-0.2, 0) is 0 Å². The maximum Gasteiger partial charge on any atom is 0.255 e. The molecule has 1 amide bonds. The van der Waals surface area contributed by atoms with Crippen LogP contribution in [0.1, 0.15) is 17.3 Å². The highest BCUT2D eigenvalue weighted by Crippen LogP contribution is 2.17. The molecular formula is C14H20N2O2. The van der Waals surface area contributed by atoms with Gasteiger partial charge in [0.15, 0.2) is 0 Å². The van der Waals surface area contributed by atoms with E-state index < -0.39 is 0 Å². The first-order chi connectivity index (χ1) is 8.79. The van der Waals surface area contributed by atoms with Crippen LogP contribution in [0.4, 0.5) is 0 Å². The number of nitrogens with one attached hydrogen (secondary N) is 2. The second-order valence-corrected chi connectivity index (χ2v) is 3.71. The van der Waals surface area contributed by atoms with Crippen LogP contribution in [0, 0.1) is 0 Å². The molecule has 4 nitrogen and oxygen atoms in total. The third kappa shape index (κ3) is 4.59. The molecule has 0 heterocycles. The Morgan fingerprint density at radius 1 is 1.39 bits per heavy atom. The first kappa shape index (κ1) is 14.3. The fraction of sp³-hybridized carbons (Fsp3) is 0.357. The Kier molecular flexibility index (Phi) is 6.58. The molecule has 0 saturated carbocycles. The van der Waals surface area contributed by atoms with E-state index in [2.05, 4.69) is 17.2 Å². The number of ether oxygens (including phenoxy) is 1. The van der Waals surface area contributed by atoms with Crippen LogP contribution in [0.2, 0.25) is 0 Å². The van der Waals surface area contributed by atoms with E-state index in [4.69, 9.17) is 4.74 Å². The second kappa shape index (κ2) is 8.31. The molecule has 98 valence electrons. The Morgan fingerprint density at radius 3 is 2.89 bits per heavy atom. The summed E-state index contributed by atoms with van der Waals surface area (Å²) in [4.78, 5) is 11.9. The molecule has 4 heteroatoms. The van der Waals surface area contributed by atoms with Crippen molar-refractivity contribution in [3.63, 3.8) is 0 Å². The highest BCUT2D eigenvalue weighted by Gasteiger charge is 2.10. The molecule has 2 N–H and O–H groups in total. The zero-order chi connectivity index (χ0) is 13.2. The Labute approximate surface area is 108 Å². The summed E-state index contributed by atoms with van der Waals surface area (Å²) in [5, 5.41) is 5.99. The average molecular weight is 248 g/mol. The molecule has 18 heavy (non-hydrogen) atoms. The lowest BCUT2D eigenvalue weighted by Crippen LogP contribution is -2.31. The van der Waals surface area contributed by atoms with Gasteiger partial charge in [0.1, 0.15) is 12.4 Å². The number of hydrogen-bond donors (Lipinski definition) is 2. The first-order valence-corrected chi connectivity index (χ1v) is 6.11. The fourth-order valence-electron chi connectivity index (χ4n) is 1.47. The lowest BCUT2D eigenvalue weighted by atomic mass is 10.2. The molecular weight excluding hydrogens is 228 g/mol. The summed E-state index contributed by atoms with van der Waals surface area (Å²) in [6.07, 6.45) is 1.65. The summed E-state index contributed by atoms with van der Waals surface area (Å²) in [6, 6.07) is 7.19. The molecule has 1 aromatic carbocycles. The Balaban J connectivity index is 2.57. The zero-order valence-corrected chi connectivity index (χ0v) is 10.7. The molecule has 0 unspecified atom stereocenters. The van der Waals surface area contributed by atoms with Crippen LogP contribution in [0.25, 0.3) is 0 Å². The molecule has 0 aromatic heterocycles. The number of carbonyl (C=O) groups excluding carboxylic acids is 1. The van der Waals surface area contributed by atoms with Crippen LogP contribution in [-0.4, -0.2) is 32.1 Å². The Hall–Kier alpha value is -1.81. The maximum absolute atomic E-state index is 11.9. The molecule has 0 aliphatic heterocycles. The predicted octanol–water partition coefficient (Wildman–Crippen LogP) is 1.59. The van der Waals surface area contributed by atoms with Crippen molar-refractivity contribution in [2.75, 3.05) is 26.2 Å². The number of amides is 1. The highest BCUT2D eigenvalue weighted by atomic mass is 16.5. The number of likely N-dealkylation sites (N-methyl/N-ethyl adjacent to an activating group) is 1. The summed E-state index contributed by atoms with van der Waals surface area (Å²) in [5.41, 5.74) is 0.552. The van der Waals surface area contributed by atoms with Crippen molar-refractivity contribution in [2.24, 2.45) is 0 Å². The average Bonchev–Trinajstić information content (AvgIpc) is 2.41. The van der Waals surface area contributed by atoms with Gasteiger partial charge in [0.05, 0.1) is 5.56 Å². The SMILES string of the molecule is C=CCOc1ccccc1C(=O)NCCNCC. The topological polar surface area (TPSA) is 50.4 Å². The van der Waals surface area contributed by atoms with Gasteiger partial charge in [0, 0.05) is 13.1 Å². The smallest absolute Gasteiger partial charge is 0.255 e. The van der Waals surface area contributed by atoms with Gasteiger partial charge in [-0.25, -0.2) is 0 Å². The van der Waals surface area contributed by atoms with Crippen molar-refractivity contribution in [1.82, 2.24) is 10.6 Å². The molecule has 0 fully saturated rings. The van der Waals surface area contributed by atoms with Gasteiger partial charge in [-0.05, 0) is 18.7 Å². The van der Waals surface area contributed by atoms with Crippen molar-refractivity contribution in [3.05, 3.63) is 42.5 Å². The molecule has 0 saturated heterocycles. The van der Waals surface area contributed by atoms with Crippen LogP contribution in [0.3, 0.4) is 0 Å². The van der Waals surface area contributed by atoms with E-state index in [-0.39, 0.29) is 5.91 Å². The van der Waals surface area contributed by atoms with E-state index in [0.717, 1.165) is 13.1 Å². The summed E-state index contributed by atoms with van der Waals surface area (Å²) in [7, 11) is 0. The molecule has 0 aliphatic rings. The largest absolute Gasteiger partial charge is 0.489 e. The van der Waals surface area contributed by atoms with Gasteiger partial charge in [-0.2, -0.15) is 0 Å². The predicted molar refractivity (Wildman–Crippen MR) is 73.0 cm³/mol. The molecule has 0 bridgehead atoms. The van der Waals surface area contributed by atoms with Crippen LogP contribution < -0.4 is 15.4 Å². The van der Waals surface area contributed by atoms with E-state index in [1.807, 2.05) is 19.1 Å². The standard InChI is InChI=1S/C14H20N2O2/c1-3-11-18-13-8-6-5-7-12(13)14(17)16-10-9-15-4-2/h3,5-8,15H,1,4,9-11H2,2H3,(H,16,17). The summed E-state index contributed by atoms with van der Waals surface area (Å²) >= 11 is 0. The van der Waals surface area contributed by atoms with Crippen molar-refractivity contribution >= 4 is 5.91 Å². The third-order valence-corrected chi connectivity index (χ3v) is 2.33. The quantitative estimate of drug-likeness (QED) is 0.542. The van der Waals surface area contributed by atoms with Crippen LogP contribution in [0.5, 0.6) is 5.75 Å². The minimum atomic E-state index is -0.118. The number of para-hydroxylation sites is 1. The van der Waals surface area contributed by atoms with Gasteiger partial charge in [-0.15, -0.1) is 0 Å². The van der Waals surface area contributed by atoms with Crippen molar-refractivity contribution in [1.29, 1.82) is 0 Å². The maximum atomic E-state index is 11.9. The van der Waals surface area contributed by atoms with Crippen molar-refractivity contribution in [2.45, 2.75) is 6.92 Å². The Morgan fingerprint density at radius 2 is 2.17 bits per heavy atom. The van der Waals surface area contributed by atoms with Gasteiger partial charge in [-0.3, -0.25) is 4.79 Å². The Bertz CT molecular complexity index is 391. The number of hydrogen-bond acceptors (Lipinski definition) is 3. The van der Waals surface area contributed by atoms with Gasteiger partial charge >= 0.3 is 0 Å². The van der Waals surface area contributed by atoms with Crippen LogP contribution >= 0.6 is 0 Å². The monoisotopic (exact) mass is 248 g/mol. The second-order valence-electron chi connectivity index (χ2n) is 3.71. The number of benzene rings is 1. The van der Waals surface area contributed by atoms with Crippen LogP contribution in [0.15, 0.2) is 36.9 Å². The fourth-order valence-corrected chi connectivity index (χ4v) is 1.47. The van der Waals surface area contributed by atoms with E-state index >= 15 is 0 Å². The number of rotatable bonds is 8. The van der Waals surface area contributed by atoms with E-state index in [9.17, 15) is 4.79 Å². The molecule has 1 aromatic rings. The summed E-state index contributed by atoms with van der Waals surface area (Å²) < 4.78 is 5.44. The zero-order valence-electron chi connectivity index (χ0n) is 10.7. The first-order valence-electron chi connectivity index (χ1n) is 6.11.